The highest BCUT2D eigenvalue weighted by molar-refractivity contribution is 9.10. The molecular weight excluding hydrogens is 334 g/mol. The van der Waals surface area contributed by atoms with Gasteiger partial charge in [-0.05, 0) is 45.8 Å². The molecule has 0 fully saturated rings. The second-order valence-corrected chi connectivity index (χ2v) is 5.09. The lowest BCUT2D eigenvalue weighted by molar-refractivity contribution is -0.119. The molecule has 0 aliphatic heterocycles. The van der Waals surface area contributed by atoms with Crippen molar-refractivity contribution in [2.45, 2.75) is 6.42 Å². The Kier molecular flexibility index (Phi) is 5.05. The van der Waals surface area contributed by atoms with Crippen molar-refractivity contribution in [3.8, 4) is 0 Å². The fourth-order valence-electron chi connectivity index (χ4n) is 1.73. The van der Waals surface area contributed by atoms with Gasteiger partial charge in [0.15, 0.2) is 0 Å². The second kappa shape index (κ2) is 6.99. The summed E-state index contributed by atoms with van der Waals surface area (Å²) in [5.74, 6) is -0.292. The largest absolute Gasteiger partial charge is 0.359 e. The van der Waals surface area contributed by atoms with E-state index in [1.165, 1.54) is 0 Å². The number of pyridine rings is 1. The highest BCUT2D eigenvalue weighted by Gasteiger charge is 2.10. The quantitative estimate of drug-likeness (QED) is 0.834. The predicted molar refractivity (Wildman–Crippen MR) is 84.1 cm³/mol. The maximum absolute atomic E-state index is 12.1. The van der Waals surface area contributed by atoms with E-state index >= 15 is 0 Å². The molecule has 0 aliphatic rings. The summed E-state index contributed by atoms with van der Waals surface area (Å²) in [6.07, 6.45) is 1.92. The van der Waals surface area contributed by atoms with Gasteiger partial charge in [-0.1, -0.05) is 12.1 Å². The lowest BCUT2D eigenvalue weighted by Gasteiger charge is -2.07. The molecule has 1 aromatic heterocycles. The number of anilines is 1. The van der Waals surface area contributed by atoms with Gasteiger partial charge in [-0.3, -0.25) is 9.59 Å². The number of amides is 2. The maximum Gasteiger partial charge on any atom is 0.258 e. The van der Waals surface area contributed by atoms with Gasteiger partial charge in [0.2, 0.25) is 5.91 Å². The Morgan fingerprint density at radius 3 is 2.52 bits per heavy atom. The second-order valence-electron chi connectivity index (χ2n) is 4.34. The van der Waals surface area contributed by atoms with E-state index in [2.05, 4.69) is 31.5 Å². The van der Waals surface area contributed by atoms with E-state index in [4.69, 9.17) is 0 Å². The van der Waals surface area contributed by atoms with E-state index in [-0.39, 0.29) is 11.8 Å². The van der Waals surface area contributed by atoms with Crippen molar-refractivity contribution >= 4 is 33.4 Å². The van der Waals surface area contributed by atoms with Gasteiger partial charge in [0.1, 0.15) is 4.60 Å². The van der Waals surface area contributed by atoms with Gasteiger partial charge in [-0.15, -0.1) is 0 Å². The average molecular weight is 348 g/mol. The van der Waals surface area contributed by atoms with E-state index in [0.717, 1.165) is 5.56 Å². The van der Waals surface area contributed by atoms with E-state index in [0.29, 0.717) is 22.3 Å². The summed E-state index contributed by atoms with van der Waals surface area (Å²) in [4.78, 5) is 27.4. The standard InChI is InChI=1S/C15H14BrN3O2/c1-17-13(20)9-10-4-6-11(7-5-10)19-15(21)12-3-2-8-18-14(12)16/h2-8H,9H2,1H3,(H,17,20)(H,19,21). The number of carbonyl (C=O) groups is 2. The van der Waals surface area contributed by atoms with Crippen LogP contribution in [-0.2, 0) is 11.2 Å². The third kappa shape index (κ3) is 4.13. The van der Waals surface area contributed by atoms with E-state index in [9.17, 15) is 9.59 Å². The Labute approximate surface area is 130 Å². The van der Waals surface area contributed by atoms with Crippen LogP contribution < -0.4 is 10.6 Å². The van der Waals surface area contributed by atoms with Crippen molar-refractivity contribution in [1.82, 2.24) is 10.3 Å². The summed E-state index contributed by atoms with van der Waals surface area (Å²) in [6, 6.07) is 10.5. The number of likely N-dealkylation sites (N-methyl/N-ethyl adjacent to an activating group) is 1. The Morgan fingerprint density at radius 2 is 1.90 bits per heavy atom. The fraction of sp³-hybridized carbons (Fsp3) is 0.133. The van der Waals surface area contributed by atoms with E-state index in [1.54, 1.807) is 37.5 Å². The molecule has 2 amide bonds. The minimum atomic E-state index is -0.242. The van der Waals surface area contributed by atoms with Gasteiger partial charge in [0, 0.05) is 18.9 Å². The summed E-state index contributed by atoms with van der Waals surface area (Å²) >= 11 is 3.24. The van der Waals surface area contributed by atoms with Gasteiger partial charge < -0.3 is 10.6 Å². The van der Waals surface area contributed by atoms with Crippen molar-refractivity contribution in [2.24, 2.45) is 0 Å². The third-order valence-electron chi connectivity index (χ3n) is 2.86. The maximum atomic E-state index is 12.1. The number of carbonyl (C=O) groups excluding carboxylic acids is 2. The van der Waals surface area contributed by atoms with Gasteiger partial charge in [0.25, 0.3) is 5.91 Å². The molecule has 1 heterocycles. The van der Waals surface area contributed by atoms with Gasteiger partial charge in [-0.25, -0.2) is 4.98 Å². The van der Waals surface area contributed by atoms with Crippen LogP contribution in [0.2, 0.25) is 0 Å². The third-order valence-corrected chi connectivity index (χ3v) is 3.49. The molecule has 0 saturated heterocycles. The van der Waals surface area contributed by atoms with Crippen LogP contribution in [0, 0.1) is 0 Å². The van der Waals surface area contributed by atoms with E-state index < -0.39 is 0 Å². The number of hydrogen-bond donors (Lipinski definition) is 2. The zero-order valence-electron chi connectivity index (χ0n) is 11.4. The molecule has 1 aromatic carbocycles. The van der Waals surface area contributed by atoms with Crippen molar-refractivity contribution in [3.05, 3.63) is 58.3 Å². The molecule has 0 bridgehead atoms. The Bertz CT molecular complexity index is 656. The lowest BCUT2D eigenvalue weighted by Crippen LogP contribution is -2.19. The molecule has 2 aromatic rings. The molecule has 6 heteroatoms. The molecule has 108 valence electrons. The lowest BCUT2D eigenvalue weighted by atomic mass is 10.1. The number of halogens is 1. The molecular formula is C15H14BrN3O2. The molecule has 2 rings (SSSR count). The van der Waals surface area contributed by atoms with Crippen LogP contribution in [-0.4, -0.2) is 23.8 Å². The van der Waals surface area contributed by atoms with Crippen molar-refractivity contribution < 1.29 is 9.59 Å². The Balaban J connectivity index is 2.05. The van der Waals surface area contributed by atoms with Crippen molar-refractivity contribution in [1.29, 1.82) is 0 Å². The van der Waals surface area contributed by atoms with Gasteiger partial charge in [0.05, 0.1) is 12.0 Å². The summed E-state index contributed by atoms with van der Waals surface area (Å²) in [7, 11) is 1.60. The predicted octanol–water partition coefficient (Wildman–Crippen LogP) is 2.38. The number of nitrogens with zero attached hydrogens (tertiary/aromatic N) is 1. The van der Waals surface area contributed by atoms with Crippen LogP contribution in [0.1, 0.15) is 15.9 Å². The molecule has 0 aliphatic carbocycles. The van der Waals surface area contributed by atoms with Crippen LogP contribution in [0.5, 0.6) is 0 Å². The molecule has 0 atom stereocenters. The van der Waals surface area contributed by atoms with Crippen LogP contribution in [0.25, 0.3) is 0 Å². The monoisotopic (exact) mass is 347 g/mol. The minimum absolute atomic E-state index is 0.0499. The van der Waals surface area contributed by atoms with Gasteiger partial charge >= 0.3 is 0 Å². The van der Waals surface area contributed by atoms with Gasteiger partial charge in [-0.2, -0.15) is 0 Å². The number of rotatable bonds is 4. The van der Waals surface area contributed by atoms with E-state index in [1.807, 2.05) is 12.1 Å². The van der Waals surface area contributed by atoms with Crippen molar-refractivity contribution in [3.63, 3.8) is 0 Å². The first-order valence-corrected chi connectivity index (χ1v) is 7.11. The van der Waals surface area contributed by atoms with Crippen LogP contribution in [0.15, 0.2) is 47.2 Å². The first kappa shape index (κ1) is 15.2. The zero-order valence-corrected chi connectivity index (χ0v) is 13.0. The fourth-order valence-corrected chi connectivity index (χ4v) is 2.16. The Hall–Kier alpha value is -2.21. The molecule has 2 N–H and O–H groups in total. The number of hydrogen-bond acceptors (Lipinski definition) is 3. The average Bonchev–Trinajstić information content (AvgIpc) is 2.49. The summed E-state index contributed by atoms with van der Waals surface area (Å²) < 4.78 is 0.499. The molecule has 0 unspecified atom stereocenters. The zero-order chi connectivity index (χ0) is 15.2. The first-order chi connectivity index (χ1) is 10.1. The highest BCUT2D eigenvalue weighted by Crippen LogP contribution is 2.16. The molecule has 0 saturated carbocycles. The molecule has 5 nitrogen and oxygen atoms in total. The van der Waals surface area contributed by atoms with Crippen LogP contribution in [0.4, 0.5) is 5.69 Å². The smallest absolute Gasteiger partial charge is 0.258 e. The van der Waals surface area contributed by atoms with Crippen LogP contribution in [0.3, 0.4) is 0 Å². The summed E-state index contributed by atoms with van der Waals surface area (Å²) in [5.41, 5.74) is 2.01. The molecule has 21 heavy (non-hydrogen) atoms. The number of aromatic nitrogens is 1. The summed E-state index contributed by atoms with van der Waals surface area (Å²) in [5, 5.41) is 5.35. The number of benzene rings is 1. The molecule has 0 radical (unpaired) electrons. The first-order valence-electron chi connectivity index (χ1n) is 6.31. The molecule has 0 spiro atoms. The SMILES string of the molecule is CNC(=O)Cc1ccc(NC(=O)c2cccnc2Br)cc1. The van der Waals surface area contributed by atoms with Crippen molar-refractivity contribution in [2.75, 3.05) is 12.4 Å². The topological polar surface area (TPSA) is 71.1 Å². The highest BCUT2D eigenvalue weighted by atomic mass is 79.9. The minimum Gasteiger partial charge on any atom is -0.359 e. The summed E-state index contributed by atoms with van der Waals surface area (Å²) in [6.45, 7) is 0. The van der Waals surface area contributed by atoms with Crippen LogP contribution >= 0.6 is 15.9 Å². The number of nitrogens with one attached hydrogen (secondary N) is 2. The Morgan fingerprint density at radius 1 is 1.19 bits per heavy atom. The normalized spacial score (nSPS) is 10.0.